The zero-order chi connectivity index (χ0) is 19.4. The minimum atomic E-state index is -0.122. The van der Waals surface area contributed by atoms with Gasteiger partial charge in [0.15, 0.2) is 0 Å². The largest absolute Gasteiger partial charge is 0.393 e. The predicted octanol–water partition coefficient (Wildman–Crippen LogP) is 5.80. The van der Waals surface area contributed by atoms with Gasteiger partial charge in [0.25, 0.3) is 0 Å². The molecule has 4 aliphatic carbocycles. The lowest BCUT2D eigenvalue weighted by molar-refractivity contribution is -0.174. The zero-order valence-electron chi connectivity index (χ0n) is 18.3. The van der Waals surface area contributed by atoms with E-state index in [9.17, 15) is 10.2 Å². The first kappa shape index (κ1) is 20.2. The molecule has 0 bridgehead atoms. The van der Waals surface area contributed by atoms with Gasteiger partial charge < -0.3 is 10.2 Å². The highest BCUT2D eigenvalue weighted by atomic mass is 16.3. The van der Waals surface area contributed by atoms with Gasteiger partial charge in [-0.25, -0.2) is 0 Å². The van der Waals surface area contributed by atoms with Crippen molar-refractivity contribution in [3.8, 4) is 0 Å². The van der Waals surface area contributed by atoms with E-state index in [0.29, 0.717) is 23.2 Å². The fourth-order valence-electron chi connectivity index (χ4n) is 8.89. The molecule has 4 saturated carbocycles. The molecule has 4 aliphatic rings. The van der Waals surface area contributed by atoms with Gasteiger partial charge in [0.1, 0.15) is 0 Å². The van der Waals surface area contributed by atoms with Gasteiger partial charge >= 0.3 is 0 Å². The number of rotatable bonds is 4. The Hall–Kier alpha value is -0.0800. The molecule has 0 unspecified atom stereocenters. The maximum atomic E-state index is 11.5. The minimum absolute atomic E-state index is 0.0753. The van der Waals surface area contributed by atoms with Crippen molar-refractivity contribution in [2.75, 3.05) is 0 Å². The minimum Gasteiger partial charge on any atom is -0.393 e. The summed E-state index contributed by atoms with van der Waals surface area (Å²) in [7, 11) is 0. The van der Waals surface area contributed by atoms with Crippen LogP contribution in [0.1, 0.15) is 98.3 Å². The molecule has 0 aromatic rings. The first-order chi connectivity index (χ1) is 12.8. The van der Waals surface area contributed by atoms with Gasteiger partial charge in [0.2, 0.25) is 0 Å². The third-order valence-electron chi connectivity index (χ3n) is 10.5. The molecule has 27 heavy (non-hydrogen) atoms. The molecule has 156 valence electrons. The standard InChI is InChI=1S/C25H44O2/c1-5-6-7-16(2)20-10-11-21-19-9-8-17-14-18(26)12-13-24(17,3)22(19)15-23(27)25(20,21)4/h16-23,26-27H,5-15H2,1-4H3/t16-,17-,18-,19+,20-,21+,22+,23+,24+,25-/m1/s1. The summed E-state index contributed by atoms with van der Waals surface area (Å²) in [4.78, 5) is 0. The van der Waals surface area contributed by atoms with E-state index < -0.39 is 0 Å². The van der Waals surface area contributed by atoms with Crippen LogP contribution < -0.4 is 0 Å². The Morgan fingerprint density at radius 3 is 2.48 bits per heavy atom. The Balaban J connectivity index is 1.58. The normalized spacial score (nSPS) is 53.3. The van der Waals surface area contributed by atoms with Gasteiger partial charge in [0, 0.05) is 0 Å². The van der Waals surface area contributed by atoms with E-state index in [0.717, 1.165) is 37.0 Å². The van der Waals surface area contributed by atoms with Crippen molar-refractivity contribution < 1.29 is 10.2 Å². The van der Waals surface area contributed by atoms with Crippen LogP contribution in [0, 0.1) is 46.3 Å². The van der Waals surface area contributed by atoms with Crippen molar-refractivity contribution >= 4 is 0 Å². The molecular formula is C25H44O2. The van der Waals surface area contributed by atoms with Crippen molar-refractivity contribution in [2.45, 2.75) is 111 Å². The van der Waals surface area contributed by atoms with Crippen molar-refractivity contribution in [2.24, 2.45) is 46.3 Å². The molecule has 2 nitrogen and oxygen atoms in total. The second-order valence-corrected chi connectivity index (χ2v) is 11.5. The van der Waals surface area contributed by atoms with E-state index in [1.54, 1.807) is 0 Å². The second kappa shape index (κ2) is 7.31. The predicted molar refractivity (Wildman–Crippen MR) is 111 cm³/mol. The Labute approximate surface area is 167 Å². The molecule has 0 aromatic heterocycles. The number of hydrogen-bond acceptors (Lipinski definition) is 2. The quantitative estimate of drug-likeness (QED) is 0.650. The summed E-state index contributed by atoms with van der Waals surface area (Å²) in [6, 6.07) is 0. The highest BCUT2D eigenvalue weighted by Gasteiger charge is 2.63. The third kappa shape index (κ3) is 3.03. The van der Waals surface area contributed by atoms with E-state index in [2.05, 4.69) is 27.7 Å². The third-order valence-corrected chi connectivity index (χ3v) is 10.5. The van der Waals surface area contributed by atoms with Crippen LogP contribution in [0.2, 0.25) is 0 Å². The van der Waals surface area contributed by atoms with Crippen molar-refractivity contribution in [3.63, 3.8) is 0 Å². The Morgan fingerprint density at radius 2 is 1.74 bits per heavy atom. The van der Waals surface area contributed by atoms with Crippen molar-refractivity contribution in [1.29, 1.82) is 0 Å². The lowest BCUT2D eigenvalue weighted by atomic mass is 9.43. The Kier molecular flexibility index (Phi) is 5.47. The lowest BCUT2D eigenvalue weighted by Gasteiger charge is -2.62. The fourth-order valence-corrected chi connectivity index (χ4v) is 8.89. The summed E-state index contributed by atoms with van der Waals surface area (Å²) in [6.07, 6.45) is 13.3. The van der Waals surface area contributed by atoms with E-state index in [4.69, 9.17) is 0 Å². The average Bonchev–Trinajstić information content (AvgIpc) is 3.00. The summed E-state index contributed by atoms with van der Waals surface area (Å²) < 4.78 is 0. The van der Waals surface area contributed by atoms with Gasteiger partial charge in [-0.15, -0.1) is 0 Å². The molecule has 10 atom stereocenters. The molecule has 0 aromatic carbocycles. The summed E-state index contributed by atoms with van der Waals surface area (Å²) in [6.45, 7) is 9.75. The topological polar surface area (TPSA) is 40.5 Å². The molecule has 0 amide bonds. The summed E-state index contributed by atoms with van der Waals surface area (Å²) in [5, 5.41) is 21.7. The first-order valence-corrected chi connectivity index (χ1v) is 12.2. The van der Waals surface area contributed by atoms with E-state index >= 15 is 0 Å². The van der Waals surface area contributed by atoms with Gasteiger partial charge in [-0.2, -0.15) is 0 Å². The average molecular weight is 377 g/mol. The van der Waals surface area contributed by atoms with Gasteiger partial charge in [0.05, 0.1) is 12.2 Å². The first-order valence-electron chi connectivity index (χ1n) is 12.2. The van der Waals surface area contributed by atoms with Crippen molar-refractivity contribution in [1.82, 2.24) is 0 Å². The summed E-state index contributed by atoms with van der Waals surface area (Å²) in [5.74, 6) is 4.37. The van der Waals surface area contributed by atoms with Crippen LogP contribution in [0.25, 0.3) is 0 Å². The van der Waals surface area contributed by atoms with Gasteiger partial charge in [-0.1, -0.05) is 47.0 Å². The Morgan fingerprint density at radius 1 is 0.963 bits per heavy atom. The van der Waals surface area contributed by atoms with Gasteiger partial charge in [-0.3, -0.25) is 0 Å². The highest BCUT2D eigenvalue weighted by molar-refractivity contribution is 5.12. The fraction of sp³-hybridized carbons (Fsp3) is 1.00. The van der Waals surface area contributed by atoms with Crippen LogP contribution >= 0.6 is 0 Å². The number of unbranched alkanes of at least 4 members (excludes halogenated alkanes) is 1. The van der Waals surface area contributed by atoms with E-state index in [1.165, 1.54) is 51.4 Å². The number of aliphatic hydroxyl groups excluding tert-OH is 2. The lowest BCUT2D eigenvalue weighted by Crippen LogP contribution is -2.58. The monoisotopic (exact) mass is 376 g/mol. The van der Waals surface area contributed by atoms with Crippen LogP contribution in [0.4, 0.5) is 0 Å². The van der Waals surface area contributed by atoms with Crippen LogP contribution in [-0.2, 0) is 0 Å². The maximum Gasteiger partial charge on any atom is 0.0602 e. The molecule has 0 aliphatic heterocycles. The molecule has 0 heterocycles. The highest BCUT2D eigenvalue weighted by Crippen LogP contribution is 2.68. The van der Waals surface area contributed by atoms with Crippen LogP contribution in [0.3, 0.4) is 0 Å². The molecule has 0 radical (unpaired) electrons. The molecule has 4 fully saturated rings. The van der Waals surface area contributed by atoms with Crippen molar-refractivity contribution in [3.05, 3.63) is 0 Å². The molecule has 2 heteroatoms. The number of fused-ring (bicyclic) bond motifs is 5. The van der Waals surface area contributed by atoms with Crippen LogP contribution in [-0.4, -0.2) is 22.4 Å². The summed E-state index contributed by atoms with van der Waals surface area (Å²) in [5.41, 5.74) is 0.502. The van der Waals surface area contributed by atoms with E-state index in [1.807, 2.05) is 0 Å². The molecule has 0 saturated heterocycles. The zero-order valence-corrected chi connectivity index (χ0v) is 18.3. The number of hydrogen-bond donors (Lipinski definition) is 2. The molecule has 0 spiro atoms. The SMILES string of the molecule is CCCC[C@@H](C)[C@H]1CC[C@H]2[C@@H]3CC[C@@H]4C[C@H](O)CC[C@]4(C)[C@H]3C[C@H](O)[C@]12C. The molecular weight excluding hydrogens is 332 g/mol. The summed E-state index contributed by atoms with van der Waals surface area (Å²) >= 11 is 0. The van der Waals surface area contributed by atoms with Gasteiger partial charge in [-0.05, 0) is 97.7 Å². The van der Waals surface area contributed by atoms with Crippen LogP contribution in [0.5, 0.6) is 0 Å². The maximum absolute atomic E-state index is 11.5. The second-order valence-electron chi connectivity index (χ2n) is 11.5. The smallest absolute Gasteiger partial charge is 0.0602 e. The van der Waals surface area contributed by atoms with Crippen LogP contribution in [0.15, 0.2) is 0 Å². The molecule has 2 N–H and O–H groups in total. The molecule has 4 rings (SSSR count). The number of aliphatic hydroxyl groups is 2. The Bertz CT molecular complexity index is 532. The van der Waals surface area contributed by atoms with E-state index in [-0.39, 0.29) is 17.6 Å².